The predicted octanol–water partition coefficient (Wildman–Crippen LogP) is -0.286. The molecule has 0 rings (SSSR count). The number of hydrogen-bond donors (Lipinski definition) is 3. The van der Waals surface area contributed by atoms with Crippen LogP contribution in [0, 0.1) is 11.8 Å². The van der Waals surface area contributed by atoms with Crippen molar-refractivity contribution in [1.29, 1.82) is 0 Å². The average molecular weight is 188 g/mol. The molecule has 4 N–H and O–H groups in total. The third-order valence-electron chi connectivity index (χ3n) is 1.96. The highest BCUT2D eigenvalue weighted by atomic mass is 16.3. The zero-order valence-electron chi connectivity index (χ0n) is 8.58. The molecule has 0 radical (unpaired) electrons. The van der Waals surface area contributed by atoms with E-state index < -0.39 is 6.04 Å². The van der Waals surface area contributed by atoms with E-state index in [0.29, 0.717) is 6.54 Å². The third-order valence-corrected chi connectivity index (χ3v) is 1.96. The minimum Gasteiger partial charge on any atom is -0.396 e. The molecule has 1 amide bonds. The van der Waals surface area contributed by atoms with Crippen molar-refractivity contribution in [2.45, 2.75) is 26.8 Å². The van der Waals surface area contributed by atoms with Crippen LogP contribution in [-0.2, 0) is 4.79 Å². The Hall–Kier alpha value is -0.610. The molecule has 0 fully saturated rings. The summed E-state index contributed by atoms with van der Waals surface area (Å²) in [6, 6.07) is -0.453. The van der Waals surface area contributed by atoms with Gasteiger partial charge >= 0.3 is 0 Å². The van der Waals surface area contributed by atoms with Crippen molar-refractivity contribution in [3.63, 3.8) is 0 Å². The SMILES string of the molecule is CC(CO)CNC(=O)[C@H](N)C(C)C. The molecule has 0 spiro atoms. The van der Waals surface area contributed by atoms with E-state index in [4.69, 9.17) is 10.8 Å². The van der Waals surface area contributed by atoms with Gasteiger partial charge in [-0.1, -0.05) is 20.8 Å². The van der Waals surface area contributed by atoms with Crippen molar-refractivity contribution in [3.05, 3.63) is 0 Å². The van der Waals surface area contributed by atoms with Crippen LogP contribution in [0.4, 0.5) is 0 Å². The Balaban J connectivity index is 3.74. The van der Waals surface area contributed by atoms with Crippen molar-refractivity contribution in [2.75, 3.05) is 13.2 Å². The highest BCUT2D eigenvalue weighted by Gasteiger charge is 2.16. The predicted molar refractivity (Wildman–Crippen MR) is 52.1 cm³/mol. The molecule has 13 heavy (non-hydrogen) atoms. The van der Waals surface area contributed by atoms with Gasteiger partial charge in [-0.3, -0.25) is 4.79 Å². The molecule has 4 nitrogen and oxygen atoms in total. The number of aliphatic hydroxyl groups excluding tert-OH is 1. The van der Waals surface area contributed by atoms with E-state index >= 15 is 0 Å². The van der Waals surface area contributed by atoms with Gasteiger partial charge in [-0.05, 0) is 11.8 Å². The lowest BCUT2D eigenvalue weighted by atomic mass is 10.0. The maximum absolute atomic E-state index is 11.3. The van der Waals surface area contributed by atoms with E-state index in [9.17, 15) is 4.79 Å². The first kappa shape index (κ1) is 12.4. The average Bonchev–Trinajstić information content (AvgIpc) is 2.11. The van der Waals surface area contributed by atoms with Gasteiger partial charge in [-0.25, -0.2) is 0 Å². The summed E-state index contributed by atoms with van der Waals surface area (Å²) in [6.45, 7) is 6.23. The molecule has 0 heterocycles. The summed E-state index contributed by atoms with van der Waals surface area (Å²) in [5.41, 5.74) is 5.61. The van der Waals surface area contributed by atoms with Crippen molar-refractivity contribution in [2.24, 2.45) is 17.6 Å². The van der Waals surface area contributed by atoms with Gasteiger partial charge in [0.15, 0.2) is 0 Å². The lowest BCUT2D eigenvalue weighted by Gasteiger charge is -2.16. The van der Waals surface area contributed by atoms with Crippen molar-refractivity contribution >= 4 is 5.91 Å². The molecule has 0 aliphatic carbocycles. The molecule has 0 saturated carbocycles. The lowest BCUT2D eigenvalue weighted by molar-refractivity contribution is -0.123. The number of amides is 1. The fraction of sp³-hybridized carbons (Fsp3) is 0.889. The number of carbonyl (C=O) groups excluding carboxylic acids is 1. The van der Waals surface area contributed by atoms with Crippen LogP contribution in [0.3, 0.4) is 0 Å². The monoisotopic (exact) mass is 188 g/mol. The van der Waals surface area contributed by atoms with Gasteiger partial charge in [0.25, 0.3) is 0 Å². The fourth-order valence-electron chi connectivity index (χ4n) is 0.760. The van der Waals surface area contributed by atoms with Crippen molar-refractivity contribution in [3.8, 4) is 0 Å². The van der Waals surface area contributed by atoms with Crippen molar-refractivity contribution < 1.29 is 9.90 Å². The van der Waals surface area contributed by atoms with Crippen LogP contribution in [0.5, 0.6) is 0 Å². The second-order valence-corrected chi connectivity index (χ2v) is 3.80. The molecule has 0 aromatic carbocycles. The quantitative estimate of drug-likeness (QED) is 0.555. The van der Waals surface area contributed by atoms with Crippen LogP contribution in [0.1, 0.15) is 20.8 Å². The number of nitrogens with one attached hydrogen (secondary N) is 1. The van der Waals surface area contributed by atoms with Crippen LogP contribution >= 0.6 is 0 Å². The van der Waals surface area contributed by atoms with Gasteiger partial charge in [-0.2, -0.15) is 0 Å². The Morgan fingerprint density at radius 3 is 2.38 bits per heavy atom. The van der Waals surface area contributed by atoms with Crippen LogP contribution in [0.15, 0.2) is 0 Å². The molecule has 0 saturated heterocycles. The first-order chi connectivity index (χ1) is 5.99. The smallest absolute Gasteiger partial charge is 0.237 e. The van der Waals surface area contributed by atoms with Crippen molar-refractivity contribution in [1.82, 2.24) is 5.32 Å². The molecular weight excluding hydrogens is 168 g/mol. The van der Waals surface area contributed by atoms with E-state index in [-0.39, 0.29) is 24.3 Å². The Morgan fingerprint density at radius 1 is 1.46 bits per heavy atom. The maximum atomic E-state index is 11.3. The first-order valence-electron chi connectivity index (χ1n) is 4.63. The van der Waals surface area contributed by atoms with Gasteiger partial charge in [0.1, 0.15) is 0 Å². The van der Waals surface area contributed by atoms with Crippen LogP contribution in [0.25, 0.3) is 0 Å². The van der Waals surface area contributed by atoms with Crippen LogP contribution in [0.2, 0.25) is 0 Å². The maximum Gasteiger partial charge on any atom is 0.237 e. The highest BCUT2D eigenvalue weighted by Crippen LogP contribution is 1.98. The normalized spacial score (nSPS) is 15.5. The van der Waals surface area contributed by atoms with E-state index in [1.165, 1.54) is 0 Å². The molecule has 78 valence electrons. The van der Waals surface area contributed by atoms with Gasteiger partial charge in [0, 0.05) is 13.2 Å². The Bertz CT molecular complexity index is 160. The molecule has 1 unspecified atom stereocenters. The van der Waals surface area contributed by atoms with E-state index in [1.807, 2.05) is 20.8 Å². The number of aliphatic hydroxyl groups is 1. The summed E-state index contributed by atoms with van der Waals surface area (Å²) in [6.07, 6.45) is 0. The van der Waals surface area contributed by atoms with Gasteiger partial charge in [0.2, 0.25) is 5.91 Å². The second kappa shape index (κ2) is 5.94. The molecular formula is C9H20N2O2. The number of nitrogens with two attached hydrogens (primary N) is 1. The summed E-state index contributed by atoms with van der Waals surface area (Å²) >= 11 is 0. The fourth-order valence-corrected chi connectivity index (χ4v) is 0.760. The van der Waals surface area contributed by atoms with Gasteiger partial charge < -0.3 is 16.2 Å². The van der Waals surface area contributed by atoms with Crippen LogP contribution < -0.4 is 11.1 Å². The summed E-state index contributed by atoms with van der Waals surface area (Å²) in [4.78, 5) is 11.3. The molecule has 0 aromatic rings. The third kappa shape index (κ3) is 4.85. The molecule has 4 heteroatoms. The largest absolute Gasteiger partial charge is 0.396 e. The van der Waals surface area contributed by atoms with Gasteiger partial charge in [0.05, 0.1) is 6.04 Å². The Labute approximate surface area is 79.5 Å². The lowest BCUT2D eigenvalue weighted by Crippen LogP contribution is -2.45. The number of carbonyl (C=O) groups is 1. The molecule has 0 aliphatic rings. The second-order valence-electron chi connectivity index (χ2n) is 3.80. The molecule has 0 aliphatic heterocycles. The zero-order chi connectivity index (χ0) is 10.4. The standard InChI is InChI=1S/C9H20N2O2/c1-6(2)8(10)9(13)11-4-7(3)5-12/h6-8,12H,4-5,10H2,1-3H3,(H,11,13)/t7?,8-/m1/s1. The molecule has 0 aromatic heterocycles. The van der Waals surface area contributed by atoms with E-state index in [0.717, 1.165) is 0 Å². The topological polar surface area (TPSA) is 75.3 Å². The zero-order valence-corrected chi connectivity index (χ0v) is 8.58. The highest BCUT2D eigenvalue weighted by molar-refractivity contribution is 5.81. The molecule has 2 atom stereocenters. The van der Waals surface area contributed by atoms with E-state index in [2.05, 4.69) is 5.32 Å². The van der Waals surface area contributed by atoms with Gasteiger partial charge in [-0.15, -0.1) is 0 Å². The number of hydrogen-bond acceptors (Lipinski definition) is 3. The minimum atomic E-state index is -0.453. The Kier molecular flexibility index (Phi) is 5.66. The summed E-state index contributed by atoms with van der Waals surface area (Å²) < 4.78 is 0. The summed E-state index contributed by atoms with van der Waals surface area (Å²) in [5, 5.41) is 11.4. The first-order valence-corrected chi connectivity index (χ1v) is 4.63. The molecule has 0 bridgehead atoms. The number of rotatable bonds is 5. The minimum absolute atomic E-state index is 0.0806. The van der Waals surface area contributed by atoms with Crippen LogP contribution in [-0.4, -0.2) is 30.2 Å². The Morgan fingerprint density at radius 2 is 2.00 bits per heavy atom. The van der Waals surface area contributed by atoms with E-state index in [1.54, 1.807) is 0 Å². The summed E-state index contributed by atoms with van der Waals surface area (Å²) in [5.74, 6) is 0.0862. The summed E-state index contributed by atoms with van der Waals surface area (Å²) in [7, 11) is 0.